The first kappa shape index (κ1) is 25.4. The lowest BCUT2D eigenvalue weighted by molar-refractivity contribution is -0.139. The molecule has 1 aliphatic rings. The van der Waals surface area contributed by atoms with Crippen molar-refractivity contribution in [2.75, 3.05) is 12.8 Å². The number of nitrogens with zero attached hydrogens (tertiary/aromatic N) is 1. The molecule has 3 rings (SSSR count). The van der Waals surface area contributed by atoms with Gasteiger partial charge < -0.3 is 15.2 Å². The Balaban J connectivity index is 2.04. The number of benzene rings is 2. The van der Waals surface area contributed by atoms with E-state index in [1.807, 2.05) is 69.5 Å². The predicted octanol–water partition coefficient (Wildman–Crippen LogP) is 5.60. The van der Waals surface area contributed by atoms with Crippen molar-refractivity contribution < 1.29 is 19.4 Å². The van der Waals surface area contributed by atoms with Crippen molar-refractivity contribution in [2.24, 2.45) is 5.92 Å². The molecule has 1 saturated heterocycles. The van der Waals surface area contributed by atoms with Crippen LogP contribution in [0.2, 0.25) is 5.02 Å². The van der Waals surface area contributed by atoms with Crippen LogP contribution < -0.4 is 5.32 Å². The summed E-state index contributed by atoms with van der Waals surface area (Å²) in [6, 6.07) is 14.3. The zero-order chi connectivity index (χ0) is 24.2. The normalized spacial score (nSPS) is 19.2. The highest BCUT2D eigenvalue weighted by molar-refractivity contribution is 7.98. The number of hydrogen-bond donors (Lipinski definition) is 2. The first-order valence-corrected chi connectivity index (χ1v) is 12.5. The van der Waals surface area contributed by atoms with E-state index in [-0.39, 0.29) is 5.92 Å². The number of aliphatic carboxylic acids is 1. The fourth-order valence-electron chi connectivity index (χ4n) is 4.11. The molecule has 2 aromatic carbocycles. The van der Waals surface area contributed by atoms with Gasteiger partial charge in [-0.15, -0.1) is 11.8 Å². The van der Waals surface area contributed by atoms with Gasteiger partial charge in [-0.1, -0.05) is 41.9 Å². The van der Waals surface area contributed by atoms with Crippen LogP contribution in [0.1, 0.15) is 44.4 Å². The van der Waals surface area contributed by atoms with Crippen LogP contribution >= 0.6 is 23.4 Å². The Bertz CT molecular complexity index is 977. The van der Waals surface area contributed by atoms with Crippen molar-refractivity contribution in [1.29, 1.82) is 0 Å². The standard InChI is InChI=1S/C25H31ClN2O4S/c1-25(2,3)32-24(31)28(15-16-9-11-18(33-4)12-10-16)22(19-7-5-6-8-20(19)26)17-13-21(23(29)30)27-14-17/h5-12,17,21-22,27H,13-15H2,1-4H3,(H,29,30)/t17-,21-,22?/m0/s1. The summed E-state index contributed by atoms with van der Waals surface area (Å²) in [5.74, 6) is -1.05. The molecule has 0 aromatic heterocycles. The quantitative estimate of drug-likeness (QED) is 0.491. The Morgan fingerprint density at radius 1 is 1.21 bits per heavy atom. The van der Waals surface area contributed by atoms with Gasteiger partial charge in [0.05, 0.1) is 6.04 Å². The molecule has 6 nitrogen and oxygen atoms in total. The number of carbonyl (C=O) groups excluding carboxylic acids is 1. The van der Waals surface area contributed by atoms with Gasteiger partial charge in [0.1, 0.15) is 11.6 Å². The Morgan fingerprint density at radius 3 is 2.42 bits per heavy atom. The van der Waals surface area contributed by atoms with E-state index in [2.05, 4.69) is 5.32 Å². The molecule has 3 atom stereocenters. The summed E-state index contributed by atoms with van der Waals surface area (Å²) in [4.78, 5) is 27.9. The summed E-state index contributed by atoms with van der Waals surface area (Å²) >= 11 is 8.25. The summed E-state index contributed by atoms with van der Waals surface area (Å²) in [6.07, 6.45) is 1.94. The molecule has 2 aromatic rings. The molecular weight excluding hydrogens is 460 g/mol. The van der Waals surface area contributed by atoms with E-state index in [4.69, 9.17) is 16.3 Å². The lowest BCUT2D eigenvalue weighted by atomic mass is 9.89. The third-order valence-corrected chi connectivity index (χ3v) is 6.70. The number of carboxylic acid groups (broad SMARTS) is 1. The molecule has 1 aliphatic heterocycles. The van der Waals surface area contributed by atoms with Gasteiger partial charge >= 0.3 is 12.1 Å². The number of carbonyl (C=O) groups is 2. The van der Waals surface area contributed by atoms with Gasteiger partial charge in [-0.25, -0.2) is 4.79 Å². The maximum atomic E-state index is 13.5. The largest absolute Gasteiger partial charge is 0.480 e. The highest BCUT2D eigenvalue weighted by Gasteiger charge is 2.41. The highest BCUT2D eigenvalue weighted by Crippen LogP contribution is 2.39. The summed E-state index contributed by atoms with van der Waals surface area (Å²) < 4.78 is 5.80. The van der Waals surface area contributed by atoms with Crippen molar-refractivity contribution >= 4 is 35.4 Å². The van der Waals surface area contributed by atoms with Crippen LogP contribution in [-0.2, 0) is 16.1 Å². The second-order valence-corrected chi connectivity index (χ2v) is 10.5. The monoisotopic (exact) mass is 490 g/mol. The van der Waals surface area contributed by atoms with Crippen LogP contribution in [0, 0.1) is 5.92 Å². The van der Waals surface area contributed by atoms with Crippen molar-refractivity contribution in [3.05, 3.63) is 64.7 Å². The maximum Gasteiger partial charge on any atom is 0.411 e. The van der Waals surface area contributed by atoms with Crippen molar-refractivity contribution in [1.82, 2.24) is 10.2 Å². The number of hydrogen-bond acceptors (Lipinski definition) is 5. The topological polar surface area (TPSA) is 78.9 Å². The summed E-state index contributed by atoms with van der Waals surface area (Å²) in [5, 5.41) is 13.1. The van der Waals surface area contributed by atoms with E-state index in [1.54, 1.807) is 22.7 Å². The van der Waals surface area contributed by atoms with Crippen LogP contribution in [0.5, 0.6) is 0 Å². The SMILES string of the molecule is CSc1ccc(CN(C(=O)OC(C)(C)C)C(c2ccccc2Cl)[C@@H]2CN[C@H](C(=O)O)C2)cc1. The average molecular weight is 491 g/mol. The first-order valence-electron chi connectivity index (χ1n) is 10.9. The van der Waals surface area contributed by atoms with Crippen molar-refractivity contribution in [3.8, 4) is 0 Å². The van der Waals surface area contributed by atoms with Crippen LogP contribution in [0.3, 0.4) is 0 Å². The number of rotatable bonds is 7. The minimum Gasteiger partial charge on any atom is -0.480 e. The minimum absolute atomic E-state index is 0.149. The minimum atomic E-state index is -0.896. The lowest BCUT2D eigenvalue weighted by Crippen LogP contribution is -2.42. The van der Waals surface area contributed by atoms with E-state index in [9.17, 15) is 14.7 Å². The number of amides is 1. The first-order chi connectivity index (χ1) is 15.6. The lowest BCUT2D eigenvalue weighted by Gasteiger charge is -2.37. The van der Waals surface area contributed by atoms with Crippen LogP contribution in [0.4, 0.5) is 4.79 Å². The van der Waals surface area contributed by atoms with Crippen molar-refractivity contribution in [3.63, 3.8) is 0 Å². The number of ether oxygens (including phenoxy) is 1. The van der Waals surface area contributed by atoms with Crippen LogP contribution in [0.25, 0.3) is 0 Å². The second-order valence-electron chi connectivity index (χ2n) is 9.22. The molecule has 0 bridgehead atoms. The summed E-state index contributed by atoms with van der Waals surface area (Å²) in [7, 11) is 0. The van der Waals surface area contributed by atoms with Gasteiger partial charge in [0.2, 0.25) is 0 Å². The van der Waals surface area contributed by atoms with Gasteiger partial charge in [-0.05, 0) is 68.7 Å². The highest BCUT2D eigenvalue weighted by atomic mass is 35.5. The fourth-order valence-corrected chi connectivity index (χ4v) is 4.76. The molecule has 1 fully saturated rings. The molecule has 8 heteroatoms. The molecule has 1 amide bonds. The van der Waals surface area contributed by atoms with Crippen LogP contribution in [0.15, 0.2) is 53.4 Å². The smallest absolute Gasteiger partial charge is 0.411 e. The molecule has 178 valence electrons. The number of thioether (sulfide) groups is 1. The zero-order valence-electron chi connectivity index (χ0n) is 19.4. The van der Waals surface area contributed by atoms with Gasteiger partial charge in [-0.2, -0.15) is 0 Å². The number of nitrogens with one attached hydrogen (secondary N) is 1. The Hall–Kier alpha value is -2.22. The van der Waals surface area contributed by atoms with E-state index >= 15 is 0 Å². The zero-order valence-corrected chi connectivity index (χ0v) is 20.9. The molecular formula is C25H31ClN2O4S. The number of halogens is 1. The predicted molar refractivity (Wildman–Crippen MR) is 132 cm³/mol. The molecule has 0 aliphatic carbocycles. The van der Waals surface area contributed by atoms with Gasteiger partial charge in [0, 0.05) is 23.0 Å². The number of carboxylic acids is 1. The van der Waals surface area contributed by atoms with E-state index in [0.717, 1.165) is 16.0 Å². The van der Waals surface area contributed by atoms with Gasteiger partial charge in [0.15, 0.2) is 0 Å². The Kier molecular flexibility index (Phi) is 8.32. The van der Waals surface area contributed by atoms with Crippen LogP contribution in [-0.4, -0.2) is 46.5 Å². The molecule has 0 radical (unpaired) electrons. The molecule has 0 saturated carbocycles. The fraction of sp³-hybridized carbons (Fsp3) is 0.440. The molecule has 0 spiro atoms. The van der Waals surface area contributed by atoms with E-state index in [1.165, 1.54) is 0 Å². The maximum absolute atomic E-state index is 13.5. The molecule has 1 unspecified atom stereocenters. The third kappa shape index (κ3) is 6.65. The molecule has 1 heterocycles. The summed E-state index contributed by atoms with van der Waals surface area (Å²) in [5.41, 5.74) is 1.06. The molecule has 2 N–H and O–H groups in total. The average Bonchev–Trinajstić information content (AvgIpc) is 3.24. The van der Waals surface area contributed by atoms with Crippen molar-refractivity contribution in [2.45, 2.75) is 56.3 Å². The van der Waals surface area contributed by atoms with Gasteiger partial charge in [-0.3, -0.25) is 9.69 Å². The molecule has 33 heavy (non-hydrogen) atoms. The summed E-state index contributed by atoms with van der Waals surface area (Å²) in [6.45, 7) is 6.26. The van der Waals surface area contributed by atoms with Gasteiger partial charge in [0.25, 0.3) is 0 Å². The van der Waals surface area contributed by atoms with E-state index in [0.29, 0.717) is 24.5 Å². The Labute approximate surface area is 204 Å². The third-order valence-electron chi connectivity index (χ3n) is 5.61. The van der Waals surface area contributed by atoms with E-state index < -0.39 is 29.7 Å². The Morgan fingerprint density at radius 2 is 1.88 bits per heavy atom. The second kappa shape index (κ2) is 10.8.